The molecule has 744 valence electrons. The average Bonchev–Trinajstić information content (AvgIpc) is 1.46. The fourth-order valence-electron chi connectivity index (χ4n) is 14.4. The van der Waals surface area contributed by atoms with E-state index in [1.807, 2.05) is 162 Å². The lowest BCUT2D eigenvalue weighted by molar-refractivity contribution is 0.1000. The topological polar surface area (TPSA) is 587 Å². The third-order valence-corrected chi connectivity index (χ3v) is 31.4. The van der Waals surface area contributed by atoms with Crippen LogP contribution in [0.4, 0.5) is 0 Å². The maximum atomic E-state index is 5.37. The molecule has 56 heteroatoms. The molecule has 2 saturated carbocycles. The summed E-state index contributed by atoms with van der Waals surface area (Å²) >= 11 is 14.1. The van der Waals surface area contributed by atoms with Crippen LogP contribution in [0.3, 0.4) is 0 Å². The zero-order chi connectivity index (χ0) is 101. The molecule has 27 rings (SSSR count). The van der Waals surface area contributed by atoms with Gasteiger partial charge in [0.15, 0.2) is 66.3 Å². The highest BCUT2D eigenvalue weighted by Crippen LogP contribution is 2.40. The van der Waals surface area contributed by atoms with Crippen molar-refractivity contribution in [3.63, 3.8) is 0 Å². The van der Waals surface area contributed by atoms with E-state index in [0.717, 1.165) is 163 Å². The smallest absolute Gasteiger partial charge is 0.237 e. The summed E-state index contributed by atoms with van der Waals surface area (Å²) in [6.45, 7) is 1.72. The number of rotatable bonds is 18. The molecule has 24 aromatic rings. The molecule has 1 aliphatic heterocycles. The van der Waals surface area contributed by atoms with Gasteiger partial charge in [-0.1, -0.05) is 32.1 Å². The second-order valence-electron chi connectivity index (χ2n) is 31.3. The van der Waals surface area contributed by atoms with Crippen molar-refractivity contribution in [1.82, 2.24) is 230 Å². The van der Waals surface area contributed by atoms with Crippen molar-refractivity contribution in [2.24, 2.45) is 21.1 Å². The molecular formula is C93H82N46OS9. The van der Waals surface area contributed by atoms with Gasteiger partial charge in [0.1, 0.15) is 109 Å². The number of nitrogens with one attached hydrogen (secondary N) is 3. The van der Waals surface area contributed by atoms with E-state index in [9.17, 15) is 0 Å². The second-order valence-corrected chi connectivity index (χ2v) is 41.0. The summed E-state index contributed by atoms with van der Waals surface area (Å²) < 4.78 is 10.8. The first kappa shape index (κ1) is 102. The van der Waals surface area contributed by atoms with Crippen LogP contribution < -0.4 is 0 Å². The largest absolute Gasteiger partial charge is 0.381 e. The molecule has 3 aliphatic rings. The summed E-state index contributed by atoms with van der Waals surface area (Å²) in [5.41, 5.74) is 6.46. The van der Waals surface area contributed by atoms with Crippen LogP contribution >= 0.6 is 106 Å². The summed E-state index contributed by atoms with van der Waals surface area (Å²) in [4.78, 5) is 125. The highest BCUT2D eigenvalue weighted by Gasteiger charge is 2.23. The third kappa shape index (κ3) is 28.0. The number of tetrazole rings is 3. The summed E-state index contributed by atoms with van der Waals surface area (Å²) in [5, 5.41) is 69.3. The number of fused-ring (bicyclic) bond motifs is 9. The lowest BCUT2D eigenvalue weighted by atomic mass is 10.0. The Morgan fingerprint density at radius 2 is 0.597 bits per heavy atom. The van der Waals surface area contributed by atoms with Gasteiger partial charge in [0.2, 0.25) is 15.5 Å². The van der Waals surface area contributed by atoms with Crippen LogP contribution in [0.1, 0.15) is 70.6 Å². The van der Waals surface area contributed by atoms with Crippen molar-refractivity contribution >= 4 is 205 Å². The highest BCUT2D eigenvalue weighted by atomic mass is 32.2. The van der Waals surface area contributed by atoms with Crippen molar-refractivity contribution in [3.05, 3.63) is 253 Å². The van der Waals surface area contributed by atoms with Crippen LogP contribution in [0.5, 0.6) is 0 Å². The zero-order valence-corrected chi connectivity index (χ0v) is 86.3. The predicted molar refractivity (Wildman–Crippen MR) is 561 cm³/mol. The molecule has 0 amide bonds. The summed E-state index contributed by atoms with van der Waals surface area (Å²) in [6, 6.07) is 34.7. The van der Waals surface area contributed by atoms with Crippen LogP contribution in [-0.4, -0.2) is 259 Å². The summed E-state index contributed by atoms with van der Waals surface area (Å²) in [7, 11) is 5.63. The van der Waals surface area contributed by atoms with Gasteiger partial charge in [-0.15, -0.1) is 71.0 Å². The quantitative estimate of drug-likeness (QED) is 0.0672. The van der Waals surface area contributed by atoms with Gasteiger partial charge in [-0.05, 0) is 239 Å². The number of imidazole rings is 2. The number of hydrogen-bond acceptors (Lipinski definition) is 50. The molecule has 2 aliphatic carbocycles. The fraction of sp³-hybridized carbons (Fsp3) is 0.204. The molecule has 3 N–H and O–H groups in total. The van der Waals surface area contributed by atoms with Gasteiger partial charge < -0.3 is 18.9 Å². The molecule has 0 radical (unpaired) electrons. The standard InChI is InChI=1S/C13H15N3S.C12H13N3OS.C12H13N3S.C11H9N5S.C10H8N6S.C10H7N5S.C9H7N7S.2C8H5N7S/c1-2-5-10(6-3-1)17-13-11-7-4-8-14-12(11)15-9-16-13;1-2-10-11(13-5-1)14-8-15-12(10)17-9-3-6-16-7-4-9;1-2-5-9(4-1)16-12-10-6-3-7-13-11(10)14-8-15-12;1-16-6-5-13-11(16)17-10-8-3-2-4-12-9(8)14-7-15-10;1-16-6-14-15-10(16)17-9-7-3-2-4-11-8(7)12-5-13-9;1-2-7-8(11-3-1)14-6-15-9(7)16-10-12-4-5-13-10;1-16-9(13-14-15-16)17-8-6-3-2-4-10-7(6)11-5-12-8;2*1-2-5-6(9-3-1)10-4-11-7(5)16-8-12-14-15-13-8/h4,7-10H,1-3,5-6H2;1-2,5,8-9H,3-4,6-7H2;3,6-9H,1-2,4-5H2;2-7H,1H3;2-6H,1H3;1-6H,(H,12,13);2-5H,1H3;2*1-4H,(H,12,13,14,15). The molecule has 0 bridgehead atoms. The number of aromatic amines is 3. The van der Waals surface area contributed by atoms with Crippen molar-refractivity contribution in [2.75, 3.05) is 13.2 Å². The van der Waals surface area contributed by atoms with Gasteiger partial charge in [-0.3, -0.25) is 0 Å². The van der Waals surface area contributed by atoms with Crippen LogP contribution in [0.25, 0.3) is 99.3 Å². The Kier molecular flexibility index (Phi) is 35.9. The lowest BCUT2D eigenvalue weighted by Crippen LogP contribution is -2.17. The number of H-pyrrole nitrogens is 3. The van der Waals surface area contributed by atoms with Crippen LogP contribution in [0.2, 0.25) is 0 Å². The Morgan fingerprint density at radius 3 is 0.899 bits per heavy atom. The third-order valence-electron chi connectivity index (χ3n) is 21.5. The molecular weight excluding hydrogens is 2070 g/mol. The number of thioether (sulfide) groups is 3. The maximum Gasteiger partial charge on any atom is 0.237 e. The number of hydrogen-bond donors (Lipinski definition) is 3. The molecule has 0 aromatic carbocycles. The zero-order valence-electron chi connectivity index (χ0n) is 78.9. The summed E-state index contributed by atoms with van der Waals surface area (Å²) in [5.74, 6) is 0. The Bertz CT molecular complexity index is 7730. The molecule has 1 saturated heterocycles. The molecule has 25 heterocycles. The first-order valence-electron chi connectivity index (χ1n) is 45.8. The van der Waals surface area contributed by atoms with Crippen molar-refractivity contribution in [2.45, 2.75) is 163 Å². The van der Waals surface area contributed by atoms with E-state index in [4.69, 9.17) is 4.74 Å². The van der Waals surface area contributed by atoms with Crippen molar-refractivity contribution in [1.29, 1.82) is 0 Å². The van der Waals surface area contributed by atoms with E-state index < -0.39 is 0 Å². The maximum absolute atomic E-state index is 5.37. The highest BCUT2D eigenvalue weighted by molar-refractivity contribution is 8.01. The Hall–Kier alpha value is -15.7. The minimum Gasteiger partial charge on any atom is -0.381 e. The molecule has 149 heavy (non-hydrogen) atoms. The van der Waals surface area contributed by atoms with Gasteiger partial charge >= 0.3 is 0 Å². The van der Waals surface area contributed by atoms with Gasteiger partial charge in [0, 0.05) is 131 Å². The van der Waals surface area contributed by atoms with Crippen LogP contribution in [-0.2, 0) is 25.9 Å². The van der Waals surface area contributed by atoms with Crippen LogP contribution in [0.15, 0.2) is 329 Å². The number of nitrogens with zero attached hydrogens (tertiary/aromatic N) is 43. The van der Waals surface area contributed by atoms with Gasteiger partial charge in [0.25, 0.3) is 0 Å². The van der Waals surface area contributed by atoms with E-state index in [-0.39, 0.29) is 0 Å². The molecule has 24 aromatic heterocycles. The fourth-order valence-corrected chi connectivity index (χ4v) is 22.8. The van der Waals surface area contributed by atoms with E-state index in [1.165, 1.54) is 166 Å². The molecule has 3 fully saturated rings. The van der Waals surface area contributed by atoms with E-state index in [2.05, 4.69) is 229 Å². The Labute approximate surface area is 883 Å². The SMILES string of the molecule is Cn1ccnc1Sc1ncnc2ncccc12.Cn1cnnc1Sc1ncnc2ncccc12.Cn1nnnc1Sc1ncnc2ncccc12.c1cnc2ncnc(SC3CCCC3)c2c1.c1cnc2ncnc(SC3CCCCC3)c2c1.c1cnc2ncnc(SC3CCOCC3)c2c1.c1cnc2ncnc(Sc3ncc[nH]3)c2c1.c1cnc2ncnc(Sc3nn[nH]n3)c2c1.c1cnc2ncnc(Sc3nn[nH]n3)c2c1. The average molecular weight is 2150 g/mol. The lowest BCUT2D eigenvalue weighted by Gasteiger charge is -2.21. The van der Waals surface area contributed by atoms with Gasteiger partial charge in [0.05, 0.1) is 48.5 Å². The van der Waals surface area contributed by atoms with E-state index >= 15 is 0 Å². The van der Waals surface area contributed by atoms with Crippen molar-refractivity contribution in [3.8, 4) is 0 Å². The molecule has 0 spiro atoms. The molecule has 0 atom stereocenters. The van der Waals surface area contributed by atoms with Gasteiger partial charge in [-0.25, -0.2) is 149 Å². The minimum absolute atomic E-state index is 0.517. The van der Waals surface area contributed by atoms with E-state index in [1.54, 1.807) is 111 Å². The Balaban J connectivity index is 0.000000105. The monoisotopic (exact) mass is 2150 g/mol. The number of aryl methyl sites for hydroxylation is 3. The minimum atomic E-state index is 0.517. The first-order valence-corrected chi connectivity index (χ1v) is 53.3. The Morgan fingerprint density at radius 1 is 0.282 bits per heavy atom. The number of ether oxygens (including phenoxy) is 1. The summed E-state index contributed by atoms with van der Waals surface area (Å²) in [6.07, 6.45) is 52.5. The van der Waals surface area contributed by atoms with E-state index in [0.29, 0.717) is 54.6 Å². The number of pyridine rings is 9. The second kappa shape index (κ2) is 52.6. The predicted octanol–water partition coefficient (Wildman–Crippen LogP) is 16.0. The number of aromatic nitrogens is 46. The van der Waals surface area contributed by atoms with Crippen molar-refractivity contribution < 1.29 is 4.74 Å². The molecule has 47 nitrogen and oxygen atoms in total. The van der Waals surface area contributed by atoms with Crippen LogP contribution in [0, 0.1) is 0 Å². The normalized spacial score (nSPS) is 13.0. The molecule has 0 unspecified atom stereocenters. The van der Waals surface area contributed by atoms with Gasteiger partial charge in [-0.2, -0.15) is 10.4 Å². The first-order chi connectivity index (χ1) is 73.6.